The second-order valence-corrected chi connectivity index (χ2v) is 10.9. The molecule has 202 valence electrons. The van der Waals surface area contributed by atoms with Gasteiger partial charge in [-0.15, -0.1) is 0 Å². The molecule has 0 bridgehead atoms. The number of hydrogen-bond acceptors (Lipinski definition) is 7. The van der Waals surface area contributed by atoms with Crippen molar-refractivity contribution in [1.29, 1.82) is 0 Å². The third-order valence-electron chi connectivity index (χ3n) is 7.98. The smallest absolute Gasteiger partial charge is 0.318 e. The van der Waals surface area contributed by atoms with Crippen molar-refractivity contribution in [3.8, 4) is 6.01 Å². The number of piperazine rings is 1. The van der Waals surface area contributed by atoms with Crippen LogP contribution in [-0.4, -0.2) is 89.3 Å². The lowest BCUT2D eigenvalue weighted by Gasteiger charge is -2.38. The van der Waals surface area contributed by atoms with Gasteiger partial charge in [-0.3, -0.25) is 9.89 Å². The Morgan fingerprint density at radius 1 is 1.21 bits per heavy atom. The molecule has 2 aliphatic rings. The molecular weight excluding hydrogens is 478 g/mol. The molecule has 1 amide bonds. The number of ether oxygens (including phenoxy) is 1. The van der Waals surface area contributed by atoms with E-state index in [1.807, 2.05) is 11.1 Å². The van der Waals surface area contributed by atoms with Crippen molar-refractivity contribution >= 4 is 22.6 Å². The summed E-state index contributed by atoms with van der Waals surface area (Å²) in [5, 5.41) is 8.65. The minimum absolute atomic E-state index is 0.0143. The van der Waals surface area contributed by atoms with Crippen molar-refractivity contribution in [1.82, 2.24) is 30.0 Å². The number of H-pyrrole nitrogens is 1. The molecule has 2 aromatic heterocycles. The normalized spacial score (nSPS) is 19.6. The number of aromatic nitrogens is 4. The molecule has 1 fully saturated rings. The summed E-state index contributed by atoms with van der Waals surface area (Å²) in [7, 11) is 4.13. The minimum Gasteiger partial charge on any atom is -0.463 e. The molecule has 1 saturated heterocycles. The number of anilines is 1. The Kier molecular flexibility index (Phi) is 7.65. The first kappa shape index (κ1) is 26.2. The Morgan fingerprint density at radius 2 is 2.00 bits per heavy atom. The fourth-order valence-electron chi connectivity index (χ4n) is 5.91. The quantitative estimate of drug-likeness (QED) is 0.362. The SMILES string of the molecule is C=CC(=O)N1CCN(c2nc(OCCCN(C)C)nc3c2C[C@@H](C)[C@H](c2c(C)ccc4[nH]ncc24)C3)CC1. The van der Waals surface area contributed by atoms with Crippen molar-refractivity contribution in [2.45, 2.75) is 39.0 Å². The molecule has 9 heteroatoms. The van der Waals surface area contributed by atoms with Gasteiger partial charge < -0.3 is 19.4 Å². The predicted molar refractivity (Wildman–Crippen MR) is 150 cm³/mol. The van der Waals surface area contributed by atoms with E-state index in [-0.39, 0.29) is 5.91 Å². The van der Waals surface area contributed by atoms with Gasteiger partial charge in [0, 0.05) is 43.7 Å². The lowest BCUT2D eigenvalue weighted by atomic mass is 9.73. The van der Waals surface area contributed by atoms with Gasteiger partial charge in [0.25, 0.3) is 0 Å². The van der Waals surface area contributed by atoms with Crippen molar-refractivity contribution in [3.63, 3.8) is 0 Å². The summed E-state index contributed by atoms with van der Waals surface area (Å²) in [6.45, 7) is 12.5. The summed E-state index contributed by atoms with van der Waals surface area (Å²) in [6, 6.07) is 4.75. The highest BCUT2D eigenvalue weighted by molar-refractivity contribution is 5.87. The fourth-order valence-corrected chi connectivity index (χ4v) is 5.91. The first-order chi connectivity index (χ1) is 18.4. The third-order valence-corrected chi connectivity index (χ3v) is 7.98. The number of aryl methyl sites for hydroxylation is 1. The Hall–Kier alpha value is -3.46. The zero-order valence-electron chi connectivity index (χ0n) is 23.0. The first-order valence-corrected chi connectivity index (χ1v) is 13.6. The fraction of sp³-hybridized carbons (Fsp3) is 0.517. The summed E-state index contributed by atoms with van der Waals surface area (Å²) in [5.74, 6) is 1.70. The van der Waals surface area contributed by atoms with Gasteiger partial charge in [-0.1, -0.05) is 19.6 Å². The van der Waals surface area contributed by atoms with E-state index < -0.39 is 0 Å². The highest BCUT2D eigenvalue weighted by Crippen LogP contribution is 2.43. The minimum atomic E-state index is -0.0143. The van der Waals surface area contributed by atoms with Crippen LogP contribution in [0.4, 0.5) is 5.82 Å². The van der Waals surface area contributed by atoms with Crippen LogP contribution in [0.25, 0.3) is 10.9 Å². The number of carbonyl (C=O) groups excluding carboxylic acids is 1. The molecule has 5 rings (SSSR count). The van der Waals surface area contributed by atoms with Crippen LogP contribution in [-0.2, 0) is 17.6 Å². The average Bonchev–Trinajstić information content (AvgIpc) is 3.39. The summed E-state index contributed by atoms with van der Waals surface area (Å²) >= 11 is 0. The number of nitrogens with one attached hydrogen (secondary N) is 1. The molecule has 1 aliphatic heterocycles. The largest absolute Gasteiger partial charge is 0.463 e. The Morgan fingerprint density at radius 3 is 2.74 bits per heavy atom. The Labute approximate surface area is 224 Å². The molecule has 1 aromatic carbocycles. The van der Waals surface area contributed by atoms with E-state index in [9.17, 15) is 4.79 Å². The maximum Gasteiger partial charge on any atom is 0.318 e. The number of aromatic amines is 1. The number of fused-ring (bicyclic) bond motifs is 2. The highest BCUT2D eigenvalue weighted by atomic mass is 16.5. The third kappa shape index (κ3) is 5.25. The molecule has 2 atom stereocenters. The van der Waals surface area contributed by atoms with Crippen LogP contribution in [0.15, 0.2) is 31.0 Å². The number of hydrogen-bond donors (Lipinski definition) is 1. The Bertz CT molecular complexity index is 1310. The van der Waals surface area contributed by atoms with Crippen LogP contribution in [0.1, 0.15) is 41.6 Å². The highest BCUT2D eigenvalue weighted by Gasteiger charge is 2.34. The van der Waals surface area contributed by atoms with Gasteiger partial charge in [-0.2, -0.15) is 15.1 Å². The molecule has 38 heavy (non-hydrogen) atoms. The molecule has 1 aliphatic carbocycles. The van der Waals surface area contributed by atoms with Crippen LogP contribution in [0.5, 0.6) is 6.01 Å². The van der Waals surface area contributed by atoms with Gasteiger partial charge in [0.15, 0.2) is 0 Å². The van der Waals surface area contributed by atoms with E-state index in [4.69, 9.17) is 14.7 Å². The second-order valence-electron chi connectivity index (χ2n) is 10.9. The molecule has 0 radical (unpaired) electrons. The molecule has 9 nitrogen and oxygen atoms in total. The van der Waals surface area contributed by atoms with Crippen molar-refractivity contribution < 1.29 is 9.53 Å². The van der Waals surface area contributed by atoms with E-state index in [0.29, 0.717) is 37.5 Å². The molecule has 0 spiro atoms. The van der Waals surface area contributed by atoms with Gasteiger partial charge in [-0.25, -0.2) is 0 Å². The lowest BCUT2D eigenvalue weighted by Crippen LogP contribution is -2.49. The second kappa shape index (κ2) is 11.1. The monoisotopic (exact) mass is 517 g/mol. The van der Waals surface area contributed by atoms with Crippen LogP contribution in [0.3, 0.4) is 0 Å². The van der Waals surface area contributed by atoms with Crippen molar-refractivity contribution in [2.75, 3.05) is 58.3 Å². The maximum atomic E-state index is 12.1. The average molecular weight is 518 g/mol. The number of nitrogens with zero attached hydrogens (tertiary/aromatic N) is 6. The molecule has 3 aromatic rings. The van der Waals surface area contributed by atoms with Crippen molar-refractivity contribution in [2.24, 2.45) is 5.92 Å². The van der Waals surface area contributed by atoms with Gasteiger partial charge in [0.05, 0.1) is 24.0 Å². The zero-order valence-corrected chi connectivity index (χ0v) is 23.0. The standard InChI is InChI=1S/C29H39N7O2/c1-6-26(37)35-11-13-36(14-12-35)28-22-16-20(3)21(27-19(2)8-9-24-23(27)18-30-33-24)17-25(22)31-29(32-28)38-15-7-10-34(4)5/h6,8-9,18,20-21H,1,7,10-17H2,2-5H3,(H,30,33)/t20-,21-/m1/s1. The van der Waals surface area contributed by atoms with Crippen molar-refractivity contribution in [3.05, 3.63) is 53.4 Å². The van der Waals surface area contributed by atoms with Gasteiger partial charge >= 0.3 is 6.01 Å². The molecule has 1 N–H and O–H groups in total. The number of rotatable bonds is 8. The van der Waals surface area contributed by atoms with E-state index in [2.05, 4.69) is 66.7 Å². The summed E-state index contributed by atoms with van der Waals surface area (Å²) in [4.78, 5) is 28.4. The van der Waals surface area contributed by atoms with Gasteiger partial charge in [0.1, 0.15) is 5.82 Å². The van der Waals surface area contributed by atoms with Gasteiger partial charge in [-0.05, 0) is 75.4 Å². The number of benzene rings is 1. The summed E-state index contributed by atoms with van der Waals surface area (Å²) < 4.78 is 6.11. The number of carbonyl (C=O) groups is 1. The topological polar surface area (TPSA) is 90.5 Å². The van der Waals surface area contributed by atoms with Crippen LogP contribution >= 0.6 is 0 Å². The Balaban J connectivity index is 1.47. The van der Waals surface area contributed by atoms with Crippen LogP contribution < -0.4 is 9.64 Å². The summed E-state index contributed by atoms with van der Waals surface area (Å²) in [5.41, 5.74) is 6.01. The van der Waals surface area contributed by atoms with E-state index >= 15 is 0 Å². The van der Waals surface area contributed by atoms with Crippen LogP contribution in [0, 0.1) is 12.8 Å². The lowest BCUT2D eigenvalue weighted by molar-refractivity contribution is -0.126. The number of amides is 1. The predicted octanol–water partition coefficient (Wildman–Crippen LogP) is 3.34. The summed E-state index contributed by atoms with van der Waals surface area (Å²) in [6.07, 6.45) is 5.99. The van der Waals surface area contributed by atoms with Gasteiger partial charge in [0.2, 0.25) is 5.91 Å². The molecular formula is C29H39N7O2. The van der Waals surface area contributed by atoms with Crippen LogP contribution in [0.2, 0.25) is 0 Å². The van der Waals surface area contributed by atoms with E-state index in [0.717, 1.165) is 55.9 Å². The first-order valence-electron chi connectivity index (χ1n) is 13.6. The molecule has 0 unspecified atom stereocenters. The van der Waals surface area contributed by atoms with E-state index in [1.54, 1.807) is 0 Å². The zero-order chi connectivity index (χ0) is 26.8. The molecule has 3 heterocycles. The maximum absolute atomic E-state index is 12.1. The van der Waals surface area contributed by atoms with E-state index in [1.165, 1.54) is 28.2 Å². The molecule has 0 saturated carbocycles.